The molecule has 0 saturated heterocycles. The number of hydrogen-bond donors (Lipinski definition) is 1. The fraction of sp³-hybridized carbons (Fsp3) is 0.364. The Morgan fingerprint density at radius 1 is 1.47 bits per heavy atom. The highest BCUT2D eigenvalue weighted by molar-refractivity contribution is 5.11. The van der Waals surface area contributed by atoms with Gasteiger partial charge in [-0.05, 0) is 18.2 Å². The Labute approximate surface area is 88.9 Å². The third kappa shape index (κ3) is 2.70. The van der Waals surface area contributed by atoms with E-state index in [1.807, 2.05) is 6.07 Å². The first-order valence-electron chi connectivity index (χ1n) is 5.13. The lowest BCUT2D eigenvalue weighted by Crippen LogP contribution is -2.11. The predicted octanol–water partition coefficient (Wildman–Crippen LogP) is 1.63. The normalized spacial score (nSPS) is 10.7. The van der Waals surface area contributed by atoms with Crippen LogP contribution in [-0.2, 0) is 13.1 Å². The summed E-state index contributed by atoms with van der Waals surface area (Å²) >= 11 is 0. The van der Waals surface area contributed by atoms with Crippen molar-refractivity contribution in [3.05, 3.63) is 42.0 Å². The molecule has 2 heterocycles. The van der Waals surface area contributed by atoms with E-state index in [-0.39, 0.29) is 0 Å². The molecule has 0 bridgehead atoms. The SMILES string of the molecule is CCNCc1ccn(Cc2ccno2)c1. The van der Waals surface area contributed by atoms with Crippen LogP contribution in [0.4, 0.5) is 0 Å². The van der Waals surface area contributed by atoms with Gasteiger partial charge in [-0.3, -0.25) is 0 Å². The summed E-state index contributed by atoms with van der Waals surface area (Å²) in [6.07, 6.45) is 5.83. The third-order valence-corrected chi connectivity index (χ3v) is 2.22. The average Bonchev–Trinajstić information content (AvgIpc) is 2.87. The van der Waals surface area contributed by atoms with Crippen LogP contribution in [0.1, 0.15) is 18.2 Å². The first-order valence-corrected chi connectivity index (χ1v) is 5.13. The second-order valence-electron chi connectivity index (χ2n) is 3.45. The molecule has 0 aliphatic carbocycles. The van der Waals surface area contributed by atoms with Gasteiger partial charge in [0.15, 0.2) is 5.76 Å². The van der Waals surface area contributed by atoms with Crippen molar-refractivity contribution in [2.24, 2.45) is 0 Å². The van der Waals surface area contributed by atoms with Gasteiger partial charge in [-0.2, -0.15) is 0 Å². The minimum absolute atomic E-state index is 0.742. The van der Waals surface area contributed by atoms with Gasteiger partial charge in [-0.25, -0.2) is 0 Å². The molecule has 2 rings (SSSR count). The van der Waals surface area contributed by atoms with E-state index >= 15 is 0 Å². The van der Waals surface area contributed by atoms with Crippen LogP contribution in [0.15, 0.2) is 35.2 Å². The van der Waals surface area contributed by atoms with E-state index in [1.54, 1.807) is 6.20 Å². The van der Waals surface area contributed by atoms with Gasteiger partial charge in [-0.1, -0.05) is 12.1 Å². The van der Waals surface area contributed by atoms with Gasteiger partial charge < -0.3 is 14.4 Å². The van der Waals surface area contributed by atoms with Crippen LogP contribution >= 0.6 is 0 Å². The second kappa shape index (κ2) is 4.79. The van der Waals surface area contributed by atoms with Crippen LogP contribution in [0.5, 0.6) is 0 Å². The lowest BCUT2D eigenvalue weighted by atomic mass is 10.3. The van der Waals surface area contributed by atoms with Crippen molar-refractivity contribution in [3.63, 3.8) is 0 Å². The minimum atomic E-state index is 0.742. The summed E-state index contributed by atoms with van der Waals surface area (Å²) in [6.45, 7) is 4.75. The van der Waals surface area contributed by atoms with E-state index in [9.17, 15) is 0 Å². The maximum Gasteiger partial charge on any atom is 0.156 e. The summed E-state index contributed by atoms with van der Waals surface area (Å²) in [7, 11) is 0. The van der Waals surface area contributed by atoms with E-state index in [0.29, 0.717) is 0 Å². The molecule has 15 heavy (non-hydrogen) atoms. The fourth-order valence-electron chi connectivity index (χ4n) is 1.47. The van der Waals surface area contributed by atoms with E-state index in [1.165, 1.54) is 5.56 Å². The molecule has 0 aliphatic heterocycles. The Hall–Kier alpha value is -1.55. The Morgan fingerprint density at radius 2 is 2.40 bits per heavy atom. The predicted molar refractivity (Wildman–Crippen MR) is 57.4 cm³/mol. The van der Waals surface area contributed by atoms with E-state index in [4.69, 9.17) is 4.52 Å². The molecule has 0 fully saturated rings. The maximum atomic E-state index is 5.04. The maximum absolute atomic E-state index is 5.04. The van der Waals surface area contributed by atoms with Crippen LogP contribution < -0.4 is 5.32 Å². The highest BCUT2D eigenvalue weighted by Crippen LogP contribution is 2.05. The molecule has 0 aliphatic rings. The average molecular weight is 205 g/mol. The molecular weight excluding hydrogens is 190 g/mol. The molecule has 4 heteroatoms. The van der Waals surface area contributed by atoms with Crippen LogP contribution in [0.2, 0.25) is 0 Å². The molecule has 4 nitrogen and oxygen atoms in total. The highest BCUT2D eigenvalue weighted by atomic mass is 16.5. The van der Waals surface area contributed by atoms with Crippen LogP contribution in [0, 0.1) is 0 Å². The van der Waals surface area contributed by atoms with Crippen LogP contribution in [0.25, 0.3) is 0 Å². The van der Waals surface area contributed by atoms with Gasteiger partial charge in [0.1, 0.15) is 0 Å². The largest absolute Gasteiger partial charge is 0.359 e. The topological polar surface area (TPSA) is 43.0 Å². The second-order valence-corrected chi connectivity index (χ2v) is 3.45. The molecule has 0 unspecified atom stereocenters. The molecule has 0 saturated carbocycles. The van der Waals surface area contributed by atoms with Crippen LogP contribution in [-0.4, -0.2) is 16.3 Å². The zero-order valence-corrected chi connectivity index (χ0v) is 8.81. The van der Waals surface area contributed by atoms with Crippen molar-refractivity contribution < 1.29 is 4.52 Å². The number of hydrogen-bond acceptors (Lipinski definition) is 3. The summed E-state index contributed by atoms with van der Waals surface area (Å²) in [6, 6.07) is 3.99. The quantitative estimate of drug-likeness (QED) is 0.806. The summed E-state index contributed by atoms with van der Waals surface area (Å²) in [5, 5.41) is 6.96. The van der Waals surface area contributed by atoms with E-state index in [0.717, 1.165) is 25.4 Å². The van der Waals surface area contributed by atoms with Crippen molar-refractivity contribution >= 4 is 0 Å². The molecule has 80 valence electrons. The summed E-state index contributed by atoms with van der Waals surface area (Å²) in [5.41, 5.74) is 1.29. The zero-order valence-electron chi connectivity index (χ0n) is 8.81. The Morgan fingerprint density at radius 3 is 3.13 bits per heavy atom. The first kappa shape index (κ1) is 9.98. The molecule has 0 radical (unpaired) electrons. The van der Waals surface area contributed by atoms with E-state index < -0.39 is 0 Å². The Bertz CT molecular complexity index is 392. The van der Waals surface area contributed by atoms with Crippen molar-refractivity contribution in [2.75, 3.05) is 6.54 Å². The smallest absolute Gasteiger partial charge is 0.156 e. The Balaban J connectivity index is 1.95. The lowest BCUT2D eigenvalue weighted by molar-refractivity contribution is 0.376. The lowest BCUT2D eigenvalue weighted by Gasteiger charge is -1.99. The van der Waals surface area contributed by atoms with Crippen molar-refractivity contribution in [1.29, 1.82) is 0 Å². The van der Waals surface area contributed by atoms with Gasteiger partial charge >= 0.3 is 0 Å². The molecule has 0 spiro atoms. The first-order chi connectivity index (χ1) is 7.38. The number of aromatic nitrogens is 2. The molecule has 0 aromatic carbocycles. The standard InChI is InChI=1S/C11H15N3O/c1-2-12-7-10-4-6-14(8-10)9-11-3-5-13-15-11/h3-6,8,12H,2,7,9H2,1H3. The monoisotopic (exact) mass is 205 g/mol. The summed E-state index contributed by atoms with van der Waals surface area (Å²) in [5.74, 6) is 0.876. The molecule has 2 aromatic heterocycles. The van der Waals surface area contributed by atoms with Gasteiger partial charge in [0.05, 0.1) is 12.7 Å². The summed E-state index contributed by atoms with van der Waals surface area (Å²) in [4.78, 5) is 0. The van der Waals surface area contributed by atoms with Gasteiger partial charge in [-0.15, -0.1) is 0 Å². The van der Waals surface area contributed by atoms with Gasteiger partial charge in [0.25, 0.3) is 0 Å². The van der Waals surface area contributed by atoms with Crippen molar-refractivity contribution in [3.8, 4) is 0 Å². The number of rotatable bonds is 5. The van der Waals surface area contributed by atoms with E-state index in [2.05, 4.69) is 40.4 Å². The fourth-order valence-corrected chi connectivity index (χ4v) is 1.47. The molecule has 0 atom stereocenters. The van der Waals surface area contributed by atoms with Gasteiger partial charge in [0.2, 0.25) is 0 Å². The summed E-state index contributed by atoms with van der Waals surface area (Å²) < 4.78 is 7.13. The molecular formula is C11H15N3O. The molecule has 0 amide bonds. The Kier molecular flexibility index (Phi) is 3.19. The molecule has 1 N–H and O–H groups in total. The van der Waals surface area contributed by atoms with Crippen LogP contribution in [0.3, 0.4) is 0 Å². The van der Waals surface area contributed by atoms with Crippen molar-refractivity contribution in [2.45, 2.75) is 20.0 Å². The zero-order chi connectivity index (χ0) is 10.5. The number of nitrogens with one attached hydrogen (secondary N) is 1. The highest BCUT2D eigenvalue weighted by Gasteiger charge is 2.00. The third-order valence-electron chi connectivity index (χ3n) is 2.22. The minimum Gasteiger partial charge on any atom is -0.359 e. The van der Waals surface area contributed by atoms with Gasteiger partial charge in [0, 0.05) is 25.0 Å². The number of nitrogens with zero attached hydrogens (tertiary/aromatic N) is 2. The molecule has 2 aromatic rings. The van der Waals surface area contributed by atoms with Crippen molar-refractivity contribution in [1.82, 2.24) is 15.0 Å².